The van der Waals surface area contributed by atoms with Gasteiger partial charge in [-0.2, -0.15) is 0 Å². The van der Waals surface area contributed by atoms with Gasteiger partial charge in [-0.25, -0.2) is 4.79 Å². The van der Waals surface area contributed by atoms with Gasteiger partial charge in [0.15, 0.2) is 5.56 Å². The lowest BCUT2D eigenvalue weighted by atomic mass is 10.2. The van der Waals surface area contributed by atoms with E-state index >= 15 is 0 Å². The molecule has 0 aromatic carbocycles. The first kappa shape index (κ1) is 13.1. The van der Waals surface area contributed by atoms with E-state index in [4.69, 9.17) is 16.3 Å². The highest BCUT2D eigenvalue weighted by Crippen LogP contribution is 2.14. The van der Waals surface area contributed by atoms with Crippen LogP contribution in [0, 0.1) is 0 Å². The summed E-state index contributed by atoms with van der Waals surface area (Å²) in [7, 11) is 0. The SMILES string of the molecule is CCCCCC(Cl)OC(=O)SCC. The van der Waals surface area contributed by atoms with Crippen molar-refractivity contribution in [3.63, 3.8) is 0 Å². The third-order valence-corrected chi connectivity index (χ3v) is 2.45. The molecule has 1 atom stereocenters. The van der Waals surface area contributed by atoms with Gasteiger partial charge in [-0.05, 0) is 24.6 Å². The normalized spacial score (nSPS) is 12.5. The van der Waals surface area contributed by atoms with Crippen LogP contribution >= 0.6 is 23.4 Å². The zero-order valence-electron chi connectivity index (χ0n) is 8.22. The largest absolute Gasteiger partial charge is 0.438 e. The molecule has 4 heteroatoms. The van der Waals surface area contributed by atoms with Crippen LogP contribution < -0.4 is 0 Å². The first-order valence-corrected chi connectivity index (χ1v) is 6.10. The Bertz CT molecular complexity index is 142. The second-order valence-electron chi connectivity index (χ2n) is 2.71. The summed E-state index contributed by atoms with van der Waals surface area (Å²) in [6, 6.07) is 0. The number of ether oxygens (including phenoxy) is 1. The van der Waals surface area contributed by atoms with Crippen molar-refractivity contribution < 1.29 is 9.53 Å². The fourth-order valence-electron chi connectivity index (χ4n) is 0.870. The van der Waals surface area contributed by atoms with Crippen molar-refractivity contribution in [1.29, 1.82) is 0 Å². The Kier molecular flexibility index (Phi) is 8.77. The predicted octanol–water partition coefficient (Wildman–Crippen LogP) is 4.02. The smallest absolute Gasteiger partial charge is 0.368 e. The van der Waals surface area contributed by atoms with Crippen LogP contribution in [0.15, 0.2) is 0 Å². The summed E-state index contributed by atoms with van der Waals surface area (Å²) >= 11 is 6.94. The summed E-state index contributed by atoms with van der Waals surface area (Å²) in [5, 5.41) is -0.265. The second-order valence-corrected chi connectivity index (χ2v) is 4.39. The Labute approximate surface area is 89.4 Å². The molecule has 0 N–H and O–H groups in total. The number of rotatable bonds is 6. The third kappa shape index (κ3) is 8.44. The number of hydrogen-bond donors (Lipinski definition) is 0. The molecule has 0 spiro atoms. The highest BCUT2D eigenvalue weighted by atomic mass is 35.5. The number of carbonyl (C=O) groups excluding carboxylic acids is 1. The summed E-state index contributed by atoms with van der Waals surface area (Å²) in [6.45, 7) is 4.04. The Hall–Kier alpha value is 0.110. The maximum absolute atomic E-state index is 10.9. The Morgan fingerprint density at radius 2 is 2.15 bits per heavy atom. The van der Waals surface area contributed by atoms with Crippen LogP contribution in [0.3, 0.4) is 0 Å². The van der Waals surface area contributed by atoms with Gasteiger partial charge in [0.2, 0.25) is 0 Å². The number of alkyl halides is 1. The first-order valence-electron chi connectivity index (χ1n) is 4.68. The van der Waals surface area contributed by atoms with Crippen LogP contribution in [0.25, 0.3) is 0 Å². The first-order chi connectivity index (χ1) is 6.20. The van der Waals surface area contributed by atoms with Crippen molar-refractivity contribution >= 4 is 28.7 Å². The lowest BCUT2D eigenvalue weighted by Gasteiger charge is -2.09. The maximum atomic E-state index is 10.9. The minimum absolute atomic E-state index is 0.265. The van der Waals surface area contributed by atoms with E-state index < -0.39 is 5.56 Å². The molecule has 13 heavy (non-hydrogen) atoms. The molecule has 78 valence electrons. The monoisotopic (exact) mass is 224 g/mol. The maximum Gasteiger partial charge on any atom is 0.368 e. The number of carbonyl (C=O) groups is 1. The molecule has 0 fully saturated rings. The van der Waals surface area contributed by atoms with Crippen molar-refractivity contribution in [2.45, 2.75) is 45.1 Å². The summed E-state index contributed by atoms with van der Waals surface area (Å²) in [6.07, 6.45) is 4.07. The number of thioether (sulfide) groups is 1. The lowest BCUT2D eigenvalue weighted by Crippen LogP contribution is -2.08. The zero-order chi connectivity index (χ0) is 10.1. The summed E-state index contributed by atoms with van der Waals surface area (Å²) in [5.41, 5.74) is -0.446. The molecule has 0 heterocycles. The molecule has 0 aliphatic carbocycles. The van der Waals surface area contributed by atoms with Gasteiger partial charge < -0.3 is 4.74 Å². The Morgan fingerprint density at radius 3 is 2.69 bits per heavy atom. The van der Waals surface area contributed by atoms with Crippen molar-refractivity contribution in [3.8, 4) is 0 Å². The molecule has 0 aromatic rings. The molecule has 2 nitrogen and oxygen atoms in total. The van der Waals surface area contributed by atoms with E-state index in [0.717, 1.165) is 43.2 Å². The van der Waals surface area contributed by atoms with Crippen molar-refractivity contribution in [3.05, 3.63) is 0 Å². The molecule has 0 saturated heterocycles. The standard InChI is InChI=1S/C9H17ClO2S/c1-3-5-6-7-8(10)12-9(11)13-4-2/h8H,3-7H2,1-2H3. The van der Waals surface area contributed by atoms with Crippen molar-refractivity contribution in [2.24, 2.45) is 0 Å². The van der Waals surface area contributed by atoms with Gasteiger partial charge in [0.25, 0.3) is 0 Å². The van der Waals surface area contributed by atoms with Gasteiger partial charge >= 0.3 is 5.30 Å². The lowest BCUT2D eigenvalue weighted by molar-refractivity contribution is 0.155. The van der Waals surface area contributed by atoms with E-state index in [1.54, 1.807) is 0 Å². The van der Waals surface area contributed by atoms with E-state index in [9.17, 15) is 4.79 Å². The molecule has 0 amide bonds. The Balaban J connectivity index is 3.38. The fraction of sp³-hybridized carbons (Fsp3) is 0.889. The van der Waals surface area contributed by atoms with Crippen molar-refractivity contribution in [2.75, 3.05) is 5.75 Å². The van der Waals surface area contributed by atoms with Gasteiger partial charge in [0.05, 0.1) is 0 Å². The quantitative estimate of drug-likeness (QED) is 0.387. The predicted molar refractivity (Wildman–Crippen MR) is 58.4 cm³/mol. The minimum atomic E-state index is -0.446. The van der Waals surface area contributed by atoms with Gasteiger partial charge in [0.1, 0.15) is 0 Å². The third-order valence-electron chi connectivity index (χ3n) is 1.52. The van der Waals surface area contributed by atoms with E-state index in [2.05, 4.69) is 6.92 Å². The van der Waals surface area contributed by atoms with E-state index in [1.807, 2.05) is 6.92 Å². The molecule has 1 unspecified atom stereocenters. The summed E-state index contributed by atoms with van der Waals surface area (Å²) in [4.78, 5) is 10.9. The summed E-state index contributed by atoms with van der Waals surface area (Å²) in [5.74, 6) is 0.734. The van der Waals surface area contributed by atoms with E-state index in [0.29, 0.717) is 0 Å². The molecule has 0 saturated carbocycles. The van der Waals surface area contributed by atoms with Crippen LogP contribution in [0.2, 0.25) is 0 Å². The van der Waals surface area contributed by atoms with Crippen LogP contribution in [0.5, 0.6) is 0 Å². The van der Waals surface area contributed by atoms with Gasteiger partial charge in [-0.1, -0.05) is 38.3 Å². The highest BCUT2D eigenvalue weighted by molar-refractivity contribution is 8.13. The molecule has 0 bridgehead atoms. The number of hydrogen-bond acceptors (Lipinski definition) is 3. The van der Waals surface area contributed by atoms with E-state index in [1.165, 1.54) is 0 Å². The average molecular weight is 225 g/mol. The van der Waals surface area contributed by atoms with Crippen molar-refractivity contribution in [1.82, 2.24) is 0 Å². The molecular formula is C9H17ClO2S. The van der Waals surface area contributed by atoms with Gasteiger partial charge in [-0.3, -0.25) is 0 Å². The molecular weight excluding hydrogens is 208 g/mol. The van der Waals surface area contributed by atoms with Gasteiger partial charge in [0, 0.05) is 5.75 Å². The van der Waals surface area contributed by atoms with Crippen LogP contribution in [0.4, 0.5) is 4.79 Å². The average Bonchev–Trinajstić information content (AvgIpc) is 2.05. The zero-order valence-corrected chi connectivity index (χ0v) is 9.79. The highest BCUT2D eigenvalue weighted by Gasteiger charge is 2.09. The molecule has 0 aliphatic heterocycles. The molecule has 0 aromatic heterocycles. The van der Waals surface area contributed by atoms with Crippen LogP contribution in [-0.4, -0.2) is 16.6 Å². The minimum Gasteiger partial charge on any atom is -0.438 e. The number of halogens is 1. The van der Waals surface area contributed by atoms with Crippen LogP contribution in [-0.2, 0) is 4.74 Å². The van der Waals surface area contributed by atoms with Crippen LogP contribution in [0.1, 0.15) is 39.5 Å². The molecule has 0 radical (unpaired) electrons. The topological polar surface area (TPSA) is 26.3 Å². The number of unbranched alkanes of at least 4 members (excludes halogenated alkanes) is 2. The molecule has 0 rings (SSSR count). The molecule has 0 aliphatic rings. The fourth-order valence-corrected chi connectivity index (χ4v) is 1.58. The summed E-state index contributed by atoms with van der Waals surface area (Å²) < 4.78 is 4.93. The second kappa shape index (κ2) is 8.70. The Morgan fingerprint density at radius 1 is 1.46 bits per heavy atom. The van der Waals surface area contributed by atoms with Gasteiger partial charge in [-0.15, -0.1) is 0 Å². The van der Waals surface area contributed by atoms with E-state index in [-0.39, 0.29) is 5.30 Å².